The SMILES string of the molecule is C.C.C.C.C=Cc1ccccc1.CCC(c1ccccc1)C1C(=O)OC(=O)C1C.O=C1C=CC(=O)O1. The molecule has 0 N–H and O–H groups in total. The van der Waals surface area contributed by atoms with Crippen molar-refractivity contribution in [3.05, 3.63) is 90.5 Å². The minimum absolute atomic E-state index is 0. The molecule has 2 heterocycles. The van der Waals surface area contributed by atoms with Crippen LogP contribution < -0.4 is 0 Å². The van der Waals surface area contributed by atoms with Gasteiger partial charge in [0.2, 0.25) is 0 Å². The third-order valence-electron chi connectivity index (χ3n) is 5.08. The van der Waals surface area contributed by atoms with E-state index < -0.39 is 17.9 Å². The lowest BCUT2D eigenvalue weighted by Crippen LogP contribution is -2.22. The van der Waals surface area contributed by atoms with Gasteiger partial charge in [-0.05, 0) is 23.5 Å². The van der Waals surface area contributed by atoms with Gasteiger partial charge in [-0.2, -0.15) is 0 Å². The smallest absolute Gasteiger partial charge is 0.338 e. The Balaban J connectivity index is -0.000000487. The summed E-state index contributed by atoms with van der Waals surface area (Å²) in [6, 6.07) is 19.9. The van der Waals surface area contributed by atoms with E-state index in [4.69, 9.17) is 4.74 Å². The molecule has 1 fully saturated rings. The summed E-state index contributed by atoms with van der Waals surface area (Å²) in [6.45, 7) is 7.43. The summed E-state index contributed by atoms with van der Waals surface area (Å²) >= 11 is 0. The fraction of sp³-hybridized carbons (Fsp3) is 0.333. The Bertz CT molecular complexity index is 963. The van der Waals surface area contributed by atoms with Crippen LogP contribution in [0.25, 0.3) is 6.08 Å². The minimum atomic E-state index is -0.579. The van der Waals surface area contributed by atoms with E-state index in [1.54, 1.807) is 6.92 Å². The summed E-state index contributed by atoms with van der Waals surface area (Å²) < 4.78 is 8.68. The largest absolute Gasteiger partial charge is 0.393 e. The van der Waals surface area contributed by atoms with Crippen LogP contribution in [0.2, 0.25) is 0 Å². The van der Waals surface area contributed by atoms with Crippen molar-refractivity contribution in [3.8, 4) is 0 Å². The lowest BCUT2D eigenvalue weighted by atomic mass is 9.78. The van der Waals surface area contributed by atoms with Gasteiger partial charge in [0, 0.05) is 12.2 Å². The van der Waals surface area contributed by atoms with Crippen molar-refractivity contribution in [2.24, 2.45) is 11.8 Å². The van der Waals surface area contributed by atoms with Crippen molar-refractivity contribution in [1.82, 2.24) is 0 Å². The van der Waals surface area contributed by atoms with Crippen LogP contribution in [0.4, 0.5) is 0 Å². The van der Waals surface area contributed by atoms with E-state index >= 15 is 0 Å². The molecule has 3 unspecified atom stereocenters. The standard InChI is InChI=1S/C14H16O3.C8H8.C4H2O3.4CH4/c1-3-11(10-7-5-4-6-8-10)12-9(2)13(15)17-14(12)16;1-2-8-6-4-3-5-7-8;5-3-1-2-4(6)7-3;;;;/h4-9,11-12H,3H2,1-2H3;2-7H,1H2;1-2H;4*1H4. The highest BCUT2D eigenvalue weighted by molar-refractivity contribution is 6.04. The lowest BCUT2D eigenvalue weighted by molar-refractivity contribution is -0.154. The second-order valence-electron chi connectivity index (χ2n) is 7.17. The van der Waals surface area contributed by atoms with Crippen molar-refractivity contribution < 1.29 is 28.7 Å². The highest BCUT2D eigenvalue weighted by Crippen LogP contribution is 2.38. The molecule has 0 bridgehead atoms. The predicted molar refractivity (Wildman–Crippen MR) is 147 cm³/mol. The quantitative estimate of drug-likeness (QED) is 0.333. The molecule has 2 aromatic rings. The Morgan fingerprint density at radius 1 is 0.778 bits per heavy atom. The van der Waals surface area contributed by atoms with Crippen LogP contribution in [0.3, 0.4) is 0 Å². The van der Waals surface area contributed by atoms with Crippen molar-refractivity contribution in [2.75, 3.05) is 0 Å². The number of hydrogen-bond acceptors (Lipinski definition) is 6. The molecule has 2 aliphatic rings. The summed E-state index contributed by atoms with van der Waals surface area (Å²) in [5.74, 6) is -2.55. The van der Waals surface area contributed by atoms with E-state index in [2.05, 4.69) is 11.3 Å². The van der Waals surface area contributed by atoms with Crippen molar-refractivity contribution >= 4 is 30.0 Å². The van der Waals surface area contributed by atoms with Crippen molar-refractivity contribution in [3.63, 3.8) is 0 Å². The third kappa shape index (κ3) is 10.6. The molecule has 4 rings (SSSR count). The normalized spacial score (nSPS) is 17.5. The van der Waals surface area contributed by atoms with Gasteiger partial charge in [-0.1, -0.05) is 117 Å². The molecule has 2 aliphatic heterocycles. The van der Waals surface area contributed by atoms with E-state index in [1.807, 2.05) is 73.7 Å². The van der Waals surface area contributed by atoms with Gasteiger partial charge in [-0.25, -0.2) is 9.59 Å². The molecule has 36 heavy (non-hydrogen) atoms. The lowest BCUT2D eigenvalue weighted by Gasteiger charge is -2.21. The maximum Gasteiger partial charge on any atom is 0.338 e. The fourth-order valence-corrected chi connectivity index (χ4v) is 3.41. The molecule has 3 atom stereocenters. The van der Waals surface area contributed by atoms with Crippen LogP contribution in [-0.2, 0) is 28.7 Å². The van der Waals surface area contributed by atoms with Gasteiger partial charge in [0.15, 0.2) is 0 Å². The van der Waals surface area contributed by atoms with Gasteiger partial charge in [-0.3, -0.25) is 9.59 Å². The van der Waals surface area contributed by atoms with Gasteiger partial charge in [0.05, 0.1) is 11.8 Å². The summed E-state index contributed by atoms with van der Waals surface area (Å²) in [5, 5.41) is 0. The van der Waals surface area contributed by atoms with E-state index in [1.165, 1.54) is 5.56 Å². The van der Waals surface area contributed by atoms with Gasteiger partial charge in [0.1, 0.15) is 0 Å². The van der Waals surface area contributed by atoms with Gasteiger partial charge < -0.3 is 9.47 Å². The molecule has 6 heteroatoms. The molecular weight excluding hydrogens is 456 g/mol. The summed E-state index contributed by atoms with van der Waals surface area (Å²) in [4.78, 5) is 43.0. The number of esters is 4. The zero-order chi connectivity index (χ0) is 23.5. The van der Waals surface area contributed by atoms with Gasteiger partial charge in [-0.15, -0.1) is 0 Å². The first-order chi connectivity index (χ1) is 15.4. The van der Waals surface area contributed by atoms with Crippen LogP contribution >= 0.6 is 0 Å². The highest BCUT2D eigenvalue weighted by Gasteiger charge is 2.45. The summed E-state index contributed by atoms with van der Waals surface area (Å²) in [7, 11) is 0. The first-order valence-electron chi connectivity index (χ1n) is 10.3. The number of rotatable bonds is 4. The van der Waals surface area contributed by atoms with Crippen LogP contribution in [0, 0.1) is 11.8 Å². The highest BCUT2D eigenvalue weighted by atomic mass is 16.6. The molecule has 0 saturated carbocycles. The molecule has 0 aliphatic carbocycles. The fourth-order valence-electron chi connectivity index (χ4n) is 3.41. The maximum atomic E-state index is 11.7. The summed E-state index contributed by atoms with van der Waals surface area (Å²) in [6.07, 6.45) is 4.83. The first-order valence-corrected chi connectivity index (χ1v) is 10.3. The van der Waals surface area contributed by atoms with Crippen LogP contribution in [0.15, 0.2) is 79.4 Å². The molecule has 2 aromatic carbocycles. The topological polar surface area (TPSA) is 86.7 Å². The van der Waals surface area contributed by atoms with Crippen LogP contribution in [0.5, 0.6) is 0 Å². The second kappa shape index (κ2) is 18.5. The molecular formula is C30H42O6. The Hall–Kier alpha value is -3.80. The number of hydrogen-bond donors (Lipinski definition) is 0. The molecule has 0 amide bonds. The third-order valence-corrected chi connectivity index (χ3v) is 5.08. The second-order valence-corrected chi connectivity index (χ2v) is 7.17. The van der Waals surface area contributed by atoms with Crippen LogP contribution in [0.1, 0.15) is 67.0 Å². The van der Waals surface area contributed by atoms with Crippen molar-refractivity contribution in [2.45, 2.75) is 55.9 Å². The molecule has 0 aromatic heterocycles. The maximum absolute atomic E-state index is 11.7. The molecule has 0 radical (unpaired) electrons. The molecule has 6 nitrogen and oxygen atoms in total. The van der Waals surface area contributed by atoms with Crippen molar-refractivity contribution in [1.29, 1.82) is 0 Å². The van der Waals surface area contributed by atoms with Crippen LogP contribution in [-0.4, -0.2) is 23.9 Å². The number of cyclic esters (lactones) is 4. The Labute approximate surface area is 217 Å². The Kier molecular flexibility index (Phi) is 18.9. The monoisotopic (exact) mass is 498 g/mol. The number of carbonyl (C=O) groups is 4. The van der Waals surface area contributed by atoms with E-state index in [0.717, 1.165) is 24.1 Å². The van der Waals surface area contributed by atoms with E-state index in [-0.39, 0.29) is 53.4 Å². The zero-order valence-corrected chi connectivity index (χ0v) is 18.1. The van der Waals surface area contributed by atoms with E-state index in [9.17, 15) is 19.2 Å². The number of carbonyl (C=O) groups excluding carboxylic acids is 4. The summed E-state index contributed by atoms with van der Waals surface area (Å²) in [5.41, 5.74) is 2.27. The molecule has 1 saturated heterocycles. The zero-order valence-electron chi connectivity index (χ0n) is 18.1. The number of benzene rings is 2. The average molecular weight is 499 g/mol. The first kappa shape index (κ1) is 36.8. The Morgan fingerprint density at radius 3 is 1.56 bits per heavy atom. The van der Waals surface area contributed by atoms with Gasteiger partial charge in [0.25, 0.3) is 0 Å². The number of ether oxygens (including phenoxy) is 2. The average Bonchev–Trinajstić information content (AvgIpc) is 3.31. The van der Waals surface area contributed by atoms with E-state index in [0.29, 0.717) is 0 Å². The minimum Gasteiger partial charge on any atom is -0.393 e. The molecule has 198 valence electrons. The Morgan fingerprint density at radius 2 is 1.25 bits per heavy atom. The predicted octanol–water partition coefficient (Wildman–Crippen LogP) is 7.02. The molecule has 0 spiro atoms. The van der Waals surface area contributed by atoms with Gasteiger partial charge >= 0.3 is 23.9 Å².